The lowest BCUT2D eigenvalue weighted by Gasteiger charge is -2.37. The smallest absolute Gasteiger partial charge is 0.298 e. The zero-order valence-corrected chi connectivity index (χ0v) is 13.3. The van der Waals surface area contributed by atoms with Crippen LogP contribution in [0, 0.1) is 12.3 Å². The van der Waals surface area contributed by atoms with E-state index in [1.165, 1.54) is 6.92 Å². The van der Waals surface area contributed by atoms with Gasteiger partial charge in [0.1, 0.15) is 0 Å². The van der Waals surface area contributed by atoms with E-state index >= 15 is 0 Å². The number of allylic oxidation sites excluding steroid dienone is 2. The van der Waals surface area contributed by atoms with E-state index in [0.29, 0.717) is 5.69 Å². The molecule has 1 saturated heterocycles. The molecule has 0 aromatic heterocycles. The number of carbonyl (C=O) groups excluding carboxylic acids is 4. The Bertz CT molecular complexity index is 723. The SMILES string of the molecule is CC=CCC1(C(C)=O)C(=O)NC(=O)N(c2cccc(C)c2)C1=O. The number of carbonyl (C=O) groups is 4. The highest BCUT2D eigenvalue weighted by Crippen LogP contribution is 2.33. The number of imide groups is 2. The summed E-state index contributed by atoms with van der Waals surface area (Å²) in [4.78, 5) is 50.4. The lowest BCUT2D eigenvalue weighted by atomic mass is 9.76. The van der Waals surface area contributed by atoms with Crippen molar-refractivity contribution in [1.82, 2.24) is 5.32 Å². The van der Waals surface area contributed by atoms with Crippen LogP contribution in [0.4, 0.5) is 10.5 Å². The molecule has 0 aliphatic carbocycles. The maximum absolute atomic E-state index is 12.9. The predicted molar refractivity (Wildman–Crippen MR) is 84.7 cm³/mol. The Morgan fingerprint density at radius 3 is 2.57 bits per heavy atom. The van der Waals surface area contributed by atoms with E-state index in [1.54, 1.807) is 37.3 Å². The molecule has 6 nitrogen and oxygen atoms in total. The molecule has 1 aromatic carbocycles. The average Bonchev–Trinajstić information content (AvgIpc) is 2.47. The van der Waals surface area contributed by atoms with Crippen molar-refractivity contribution < 1.29 is 19.2 Å². The molecule has 23 heavy (non-hydrogen) atoms. The lowest BCUT2D eigenvalue weighted by Crippen LogP contribution is -2.66. The monoisotopic (exact) mass is 314 g/mol. The first-order chi connectivity index (χ1) is 10.8. The number of nitrogens with zero attached hydrogens (tertiary/aromatic N) is 1. The second-order valence-electron chi connectivity index (χ2n) is 5.47. The summed E-state index contributed by atoms with van der Waals surface area (Å²) in [7, 11) is 0. The number of amides is 4. The number of nitrogens with one attached hydrogen (secondary N) is 1. The number of hydrogen-bond donors (Lipinski definition) is 1. The minimum atomic E-state index is -1.91. The van der Waals surface area contributed by atoms with Gasteiger partial charge in [-0.15, -0.1) is 0 Å². The number of aryl methyl sites for hydroxylation is 1. The number of rotatable bonds is 4. The molecule has 1 atom stereocenters. The van der Waals surface area contributed by atoms with Crippen molar-refractivity contribution in [3.63, 3.8) is 0 Å². The van der Waals surface area contributed by atoms with Crippen LogP contribution in [0.2, 0.25) is 0 Å². The highest BCUT2D eigenvalue weighted by atomic mass is 16.2. The Labute approximate surface area is 134 Å². The topological polar surface area (TPSA) is 83.6 Å². The van der Waals surface area contributed by atoms with Gasteiger partial charge in [-0.1, -0.05) is 24.3 Å². The first kappa shape index (κ1) is 16.6. The molecule has 0 saturated carbocycles. The maximum atomic E-state index is 12.9. The molecule has 0 radical (unpaired) electrons. The lowest BCUT2D eigenvalue weighted by molar-refractivity contribution is -0.149. The zero-order valence-electron chi connectivity index (χ0n) is 13.3. The summed E-state index contributed by atoms with van der Waals surface area (Å²) in [5.74, 6) is -2.28. The molecular weight excluding hydrogens is 296 g/mol. The van der Waals surface area contributed by atoms with Crippen molar-refractivity contribution in [3.05, 3.63) is 42.0 Å². The molecule has 1 heterocycles. The molecule has 1 N–H and O–H groups in total. The third-order valence-corrected chi connectivity index (χ3v) is 3.90. The van der Waals surface area contributed by atoms with Crippen molar-refractivity contribution >= 4 is 29.3 Å². The second-order valence-corrected chi connectivity index (χ2v) is 5.47. The van der Waals surface area contributed by atoms with Gasteiger partial charge in [-0.25, -0.2) is 9.69 Å². The van der Waals surface area contributed by atoms with Gasteiger partial charge in [-0.2, -0.15) is 0 Å². The van der Waals surface area contributed by atoms with E-state index in [4.69, 9.17) is 0 Å². The van der Waals surface area contributed by atoms with Crippen LogP contribution < -0.4 is 10.2 Å². The van der Waals surface area contributed by atoms with Crippen LogP contribution in [-0.2, 0) is 14.4 Å². The zero-order chi connectivity index (χ0) is 17.2. The third-order valence-electron chi connectivity index (χ3n) is 3.90. The minimum Gasteiger partial charge on any atom is -0.298 e. The molecule has 2 rings (SSSR count). The van der Waals surface area contributed by atoms with Crippen molar-refractivity contribution in [1.29, 1.82) is 0 Å². The normalized spacial score (nSPS) is 21.7. The number of benzene rings is 1. The van der Waals surface area contributed by atoms with Crippen molar-refractivity contribution in [2.24, 2.45) is 5.41 Å². The van der Waals surface area contributed by atoms with Crippen LogP contribution in [0.3, 0.4) is 0 Å². The third kappa shape index (κ3) is 2.67. The number of urea groups is 1. The number of ketones is 1. The first-order valence-corrected chi connectivity index (χ1v) is 7.23. The van der Waals surface area contributed by atoms with Gasteiger partial charge in [0.2, 0.25) is 0 Å². The van der Waals surface area contributed by atoms with Gasteiger partial charge in [-0.3, -0.25) is 19.7 Å². The number of hydrogen-bond acceptors (Lipinski definition) is 4. The molecule has 1 unspecified atom stereocenters. The maximum Gasteiger partial charge on any atom is 0.335 e. The fourth-order valence-electron chi connectivity index (χ4n) is 2.57. The van der Waals surface area contributed by atoms with Crippen molar-refractivity contribution in [2.45, 2.75) is 27.2 Å². The molecule has 0 bridgehead atoms. The van der Waals surface area contributed by atoms with Gasteiger partial charge in [0.05, 0.1) is 5.69 Å². The van der Waals surface area contributed by atoms with Crippen molar-refractivity contribution in [3.8, 4) is 0 Å². The standard InChI is InChI=1S/C17H18N2O4/c1-4-5-9-17(12(3)20)14(21)18-16(23)19(15(17)22)13-8-6-7-11(2)10-13/h4-8,10H,9H2,1-3H3,(H,18,21,23). The summed E-state index contributed by atoms with van der Waals surface area (Å²) in [5.41, 5.74) is -0.738. The largest absolute Gasteiger partial charge is 0.335 e. The van der Waals surface area contributed by atoms with E-state index in [-0.39, 0.29) is 6.42 Å². The van der Waals surface area contributed by atoms with Crippen molar-refractivity contribution in [2.75, 3.05) is 4.90 Å². The Kier molecular flexibility index (Phi) is 4.45. The van der Waals surface area contributed by atoms with Crippen LogP contribution >= 0.6 is 0 Å². The summed E-state index contributed by atoms with van der Waals surface area (Å²) in [6.07, 6.45) is 3.14. The van der Waals surface area contributed by atoms with Gasteiger partial charge >= 0.3 is 6.03 Å². The van der Waals surface area contributed by atoms with E-state index in [2.05, 4.69) is 5.32 Å². The Morgan fingerprint density at radius 2 is 2.00 bits per heavy atom. The van der Waals surface area contributed by atoms with E-state index in [1.807, 2.05) is 13.0 Å². The fraction of sp³-hybridized carbons (Fsp3) is 0.294. The molecule has 6 heteroatoms. The number of Topliss-reactive ketones (excluding diaryl/α,β-unsaturated/α-hetero) is 1. The van der Waals surface area contributed by atoms with Gasteiger partial charge in [0, 0.05) is 0 Å². The van der Waals surface area contributed by atoms with E-state index in [9.17, 15) is 19.2 Å². The molecule has 120 valence electrons. The van der Waals surface area contributed by atoms with Gasteiger partial charge in [-0.05, 0) is 44.9 Å². The fourth-order valence-corrected chi connectivity index (χ4v) is 2.57. The number of barbiturate groups is 1. The molecule has 1 fully saturated rings. The van der Waals surface area contributed by atoms with Crippen LogP contribution in [0.1, 0.15) is 25.8 Å². The van der Waals surface area contributed by atoms with E-state index in [0.717, 1.165) is 10.5 Å². The van der Waals surface area contributed by atoms with Crippen LogP contribution in [0.15, 0.2) is 36.4 Å². The predicted octanol–water partition coefficient (Wildman–Crippen LogP) is 2.12. The van der Waals surface area contributed by atoms with Gasteiger partial charge < -0.3 is 0 Å². The van der Waals surface area contributed by atoms with Gasteiger partial charge in [0.15, 0.2) is 11.2 Å². The Hall–Kier alpha value is -2.76. The summed E-state index contributed by atoms with van der Waals surface area (Å²) >= 11 is 0. The highest BCUT2D eigenvalue weighted by Gasteiger charge is 2.57. The molecule has 0 spiro atoms. The van der Waals surface area contributed by atoms with Crippen LogP contribution in [-0.4, -0.2) is 23.6 Å². The van der Waals surface area contributed by atoms with Crippen LogP contribution in [0.25, 0.3) is 0 Å². The summed E-state index contributed by atoms with van der Waals surface area (Å²) in [5, 5.41) is 2.13. The van der Waals surface area contributed by atoms with Gasteiger partial charge in [0.25, 0.3) is 11.8 Å². The Morgan fingerprint density at radius 1 is 1.30 bits per heavy atom. The quantitative estimate of drug-likeness (QED) is 0.681. The molecule has 1 aliphatic rings. The van der Waals surface area contributed by atoms with Crippen LogP contribution in [0.5, 0.6) is 0 Å². The molecular formula is C17H18N2O4. The molecule has 4 amide bonds. The average molecular weight is 314 g/mol. The molecule has 1 aliphatic heterocycles. The minimum absolute atomic E-state index is 0.0842. The second kappa shape index (κ2) is 6.16. The molecule has 1 aromatic rings. The number of anilines is 1. The summed E-state index contributed by atoms with van der Waals surface area (Å²) in [6.45, 7) is 4.73. The first-order valence-electron chi connectivity index (χ1n) is 7.23. The Balaban J connectivity index is 2.57. The highest BCUT2D eigenvalue weighted by molar-refractivity contribution is 6.37. The summed E-state index contributed by atoms with van der Waals surface area (Å²) < 4.78 is 0. The summed E-state index contributed by atoms with van der Waals surface area (Å²) in [6, 6.07) is 5.90. The van der Waals surface area contributed by atoms with E-state index < -0.39 is 29.0 Å².